The van der Waals surface area contributed by atoms with Crippen LogP contribution in [0.15, 0.2) is 0 Å². The van der Waals surface area contributed by atoms with Gasteiger partial charge in [0, 0.05) is 19.6 Å². The predicted molar refractivity (Wildman–Crippen MR) is 163 cm³/mol. The number of rotatable bonds is 27. The molecule has 0 atom stereocenters. The fourth-order valence-corrected chi connectivity index (χ4v) is 7.53. The van der Waals surface area contributed by atoms with E-state index in [9.17, 15) is 0 Å². The van der Waals surface area contributed by atoms with E-state index in [1.807, 2.05) is 0 Å². The lowest BCUT2D eigenvalue weighted by Gasteiger charge is -2.44. The van der Waals surface area contributed by atoms with E-state index < -0.39 is 26.3 Å². The molecule has 37 heavy (non-hydrogen) atoms. The lowest BCUT2D eigenvalue weighted by molar-refractivity contribution is -0.0988. The van der Waals surface area contributed by atoms with Crippen LogP contribution in [0.1, 0.15) is 157 Å². The summed E-state index contributed by atoms with van der Waals surface area (Å²) in [6, 6.07) is 0. The van der Waals surface area contributed by atoms with Crippen molar-refractivity contribution in [3.63, 3.8) is 0 Å². The lowest BCUT2D eigenvalue weighted by Crippen LogP contribution is -2.56. The van der Waals surface area contributed by atoms with Crippen molar-refractivity contribution in [1.29, 1.82) is 0 Å². The summed E-state index contributed by atoms with van der Waals surface area (Å²) in [6.45, 7) is 14.8. The van der Waals surface area contributed by atoms with Crippen molar-refractivity contribution < 1.29 is 13.3 Å². The van der Waals surface area contributed by atoms with Crippen molar-refractivity contribution in [3.8, 4) is 0 Å². The Labute approximate surface area is 233 Å². The Bertz CT molecular complexity index is 429. The van der Waals surface area contributed by atoms with E-state index in [0.717, 1.165) is 116 Å². The van der Waals surface area contributed by atoms with Crippen LogP contribution in [0.2, 0.25) is 0 Å². The Morgan fingerprint density at radius 1 is 0.405 bits per heavy atom. The van der Waals surface area contributed by atoms with Crippen molar-refractivity contribution in [3.05, 3.63) is 0 Å². The summed E-state index contributed by atoms with van der Waals surface area (Å²) in [5, 5.41) is 0. The van der Waals surface area contributed by atoms with Crippen LogP contribution in [-0.4, -0.2) is 46.0 Å². The standard InChI is InChI=1S/C30H67N3O3Si/c1-7-13-19-28(25-31,20-14-8-2)34-37(35-29(26-32,21-15-9-3)22-16-10-4)36-30(27-33,23-17-11-5)24-18-12-6/h37H,7-27,31-33H2,1-6H3. The van der Waals surface area contributed by atoms with E-state index in [1.165, 1.54) is 0 Å². The van der Waals surface area contributed by atoms with E-state index >= 15 is 0 Å². The highest BCUT2D eigenvalue weighted by atomic mass is 28.3. The Hall–Kier alpha value is -0.0231. The van der Waals surface area contributed by atoms with Crippen LogP contribution >= 0.6 is 0 Å². The van der Waals surface area contributed by atoms with Gasteiger partial charge in [-0.25, -0.2) is 0 Å². The first-order chi connectivity index (χ1) is 17.8. The number of nitrogens with two attached hydrogens (primary N) is 3. The van der Waals surface area contributed by atoms with Crippen molar-refractivity contribution in [1.82, 2.24) is 0 Å². The van der Waals surface area contributed by atoms with Crippen LogP contribution < -0.4 is 17.2 Å². The van der Waals surface area contributed by atoms with Crippen LogP contribution in [0.5, 0.6) is 0 Å². The molecule has 0 spiro atoms. The molecule has 0 heterocycles. The minimum Gasteiger partial charge on any atom is -0.369 e. The monoisotopic (exact) mass is 545 g/mol. The summed E-state index contributed by atoms with van der Waals surface area (Å²) in [5.74, 6) is 0. The summed E-state index contributed by atoms with van der Waals surface area (Å²) >= 11 is 0. The molecule has 0 aromatic rings. The van der Waals surface area contributed by atoms with Crippen molar-refractivity contribution in [2.75, 3.05) is 19.6 Å². The van der Waals surface area contributed by atoms with Gasteiger partial charge in [-0.3, -0.25) is 0 Å². The number of hydrogen-bond acceptors (Lipinski definition) is 6. The lowest BCUT2D eigenvalue weighted by atomic mass is 9.91. The molecular weight excluding hydrogens is 478 g/mol. The molecule has 0 amide bonds. The fourth-order valence-electron chi connectivity index (χ4n) is 5.16. The summed E-state index contributed by atoms with van der Waals surface area (Å²) in [4.78, 5) is 0. The molecule has 0 aromatic heterocycles. The van der Waals surface area contributed by atoms with E-state index in [2.05, 4.69) is 41.5 Å². The molecule has 0 aliphatic carbocycles. The first-order valence-electron chi connectivity index (χ1n) is 16.0. The normalized spacial score (nSPS) is 13.1. The van der Waals surface area contributed by atoms with Gasteiger partial charge in [0.05, 0.1) is 16.8 Å². The quantitative estimate of drug-likeness (QED) is 0.0961. The Kier molecular flexibility index (Phi) is 21.7. The van der Waals surface area contributed by atoms with Gasteiger partial charge in [-0.05, 0) is 38.5 Å². The van der Waals surface area contributed by atoms with Gasteiger partial charge in [0.25, 0.3) is 0 Å². The predicted octanol–water partition coefficient (Wildman–Crippen LogP) is 6.99. The average Bonchev–Trinajstić information content (AvgIpc) is 2.93. The zero-order valence-corrected chi connectivity index (χ0v) is 27.0. The fraction of sp³-hybridized carbons (Fsp3) is 1.00. The summed E-state index contributed by atoms with van der Waals surface area (Å²) in [6.07, 6.45) is 18.9. The third kappa shape index (κ3) is 14.3. The minimum atomic E-state index is -2.66. The third-order valence-corrected chi connectivity index (χ3v) is 10.1. The number of hydrogen-bond donors (Lipinski definition) is 3. The third-order valence-electron chi connectivity index (χ3n) is 8.07. The molecule has 0 aliphatic rings. The average molecular weight is 546 g/mol. The van der Waals surface area contributed by atoms with Crippen molar-refractivity contribution in [2.45, 2.75) is 174 Å². The van der Waals surface area contributed by atoms with Crippen LogP contribution in [0.3, 0.4) is 0 Å². The minimum absolute atomic E-state index is 0.408. The first-order valence-corrected chi connectivity index (χ1v) is 17.4. The largest absolute Gasteiger partial charge is 0.485 e. The van der Waals surface area contributed by atoms with Gasteiger partial charge < -0.3 is 30.5 Å². The van der Waals surface area contributed by atoms with Gasteiger partial charge in [-0.2, -0.15) is 0 Å². The highest BCUT2D eigenvalue weighted by Gasteiger charge is 2.43. The van der Waals surface area contributed by atoms with Gasteiger partial charge in [0.1, 0.15) is 0 Å². The second-order valence-corrected chi connectivity index (χ2v) is 12.7. The molecule has 0 aliphatic heterocycles. The molecule has 224 valence electrons. The zero-order valence-electron chi connectivity index (χ0n) is 25.9. The molecule has 7 heteroatoms. The van der Waals surface area contributed by atoms with E-state index in [0.29, 0.717) is 19.6 Å². The molecule has 6 N–H and O–H groups in total. The highest BCUT2D eigenvalue weighted by Crippen LogP contribution is 2.34. The van der Waals surface area contributed by atoms with Crippen LogP contribution in [0.4, 0.5) is 0 Å². The number of unbranched alkanes of at least 4 members (excludes halogenated alkanes) is 6. The highest BCUT2D eigenvalue weighted by molar-refractivity contribution is 6.37. The molecule has 6 nitrogen and oxygen atoms in total. The van der Waals surface area contributed by atoms with Crippen molar-refractivity contribution in [2.24, 2.45) is 17.2 Å². The van der Waals surface area contributed by atoms with E-state index in [4.69, 9.17) is 30.5 Å². The Morgan fingerprint density at radius 2 is 0.595 bits per heavy atom. The van der Waals surface area contributed by atoms with Crippen molar-refractivity contribution >= 4 is 9.53 Å². The second-order valence-electron chi connectivity index (χ2n) is 11.4. The zero-order chi connectivity index (χ0) is 28.0. The Balaban J connectivity index is 6.43. The smallest absolute Gasteiger partial charge is 0.369 e. The maximum absolute atomic E-state index is 7.08. The molecule has 0 bridgehead atoms. The molecule has 0 aromatic carbocycles. The maximum Gasteiger partial charge on any atom is 0.485 e. The Morgan fingerprint density at radius 3 is 0.730 bits per heavy atom. The summed E-state index contributed by atoms with van der Waals surface area (Å²) in [5.41, 5.74) is 18.2. The SMILES string of the molecule is CCCCC(CN)(CCCC)O[SiH](OC(CN)(CCCC)CCCC)OC(CN)(CCCC)CCCC. The van der Waals surface area contributed by atoms with Gasteiger partial charge in [0.2, 0.25) is 0 Å². The molecule has 0 rings (SSSR count). The molecule has 0 saturated carbocycles. The summed E-state index contributed by atoms with van der Waals surface area (Å²) in [7, 11) is -2.66. The first kappa shape index (κ1) is 37.0. The van der Waals surface area contributed by atoms with E-state index in [-0.39, 0.29) is 0 Å². The molecule has 0 fully saturated rings. The van der Waals surface area contributed by atoms with Crippen LogP contribution in [0.25, 0.3) is 0 Å². The van der Waals surface area contributed by atoms with Gasteiger partial charge >= 0.3 is 9.53 Å². The molecule has 0 radical (unpaired) electrons. The summed E-state index contributed by atoms with van der Waals surface area (Å²) < 4.78 is 21.3. The molecule has 0 unspecified atom stereocenters. The van der Waals surface area contributed by atoms with Crippen LogP contribution in [0, 0.1) is 0 Å². The second kappa shape index (κ2) is 21.8. The maximum atomic E-state index is 7.08. The topological polar surface area (TPSA) is 106 Å². The van der Waals surface area contributed by atoms with Gasteiger partial charge in [-0.15, -0.1) is 0 Å². The van der Waals surface area contributed by atoms with Gasteiger partial charge in [-0.1, -0.05) is 119 Å². The van der Waals surface area contributed by atoms with Crippen LogP contribution in [-0.2, 0) is 13.3 Å². The molecular formula is C30H67N3O3Si. The van der Waals surface area contributed by atoms with Gasteiger partial charge in [0.15, 0.2) is 0 Å². The molecule has 0 saturated heterocycles. The van der Waals surface area contributed by atoms with E-state index in [1.54, 1.807) is 0 Å².